The number of furan rings is 1. The largest absolute Gasteiger partial charge is 0.467 e. The van der Waals surface area contributed by atoms with Gasteiger partial charge in [0.05, 0.1) is 23.9 Å². The van der Waals surface area contributed by atoms with Gasteiger partial charge in [-0.15, -0.1) is 21.5 Å². The van der Waals surface area contributed by atoms with Gasteiger partial charge in [-0.1, -0.05) is 36.9 Å². The molecule has 0 spiro atoms. The number of aromatic nitrogens is 4. The van der Waals surface area contributed by atoms with Crippen molar-refractivity contribution in [3.05, 3.63) is 81.2 Å². The van der Waals surface area contributed by atoms with Crippen LogP contribution in [0.4, 0.5) is 0 Å². The van der Waals surface area contributed by atoms with Gasteiger partial charge < -0.3 is 8.83 Å². The van der Waals surface area contributed by atoms with Crippen molar-refractivity contribution in [2.24, 2.45) is 5.92 Å². The van der Waals surface area contributed by atoms with Gasteiger partial charge in [-0.2, -0.15) is 0 Å². The maximum atomic E-state index is 13.7. The highest BCUT2D eigenvalue weighted by molar-refractivity contribution is 7.98. The van der Waals surface area contributed by atoms with Gasteiger partial charge in [0.25, 0.3) is 5.56 Å². The summed E-state index contributed by atoms with van der Waals surface area (Å²) in [5.41, 5.74) is 2.05. The van der Waals surface area contributed by atoms with Crippen LogP contribution >= 0.6 is 23.1 Å². The van der Waals surface area contributed by atoms with E-state index in [4.69, 9.17) is 13.8 Å². The van der Waals surface area contributed by atoms with Gasteiger partial charge in [0.2, 0.25) is 11.8 Å². The molecule has 9 heteroatoms. The summed E-state index contributed by atoms with van der Waals surface area (Å²) >= 11 is 3.09. The van der Waals surface area contributed by atoms with E-state index in [0.29, 0.717) is 40.9 Å². The average molecular weight is 491 g/mol. The van der Waals surface area contributed by atoms with E-state index in [1.165, 1.54) is 22.2 Å². The van der Waals surface area contributed by atoms with Crippen molar-refractivity contribution >= 4 is 33.3 Å². The van der Waals surface area contributed by atoms with Crippen molar-refractivity contribution < 1.29 is 8.83 Å². The van der Waals surface area contributed by atoms with Gasteiger partial charge in [-0.25, -0.2) is 4.98 Å². The van der Waals surface area contributed by atoms with Gasteiger partial charge in [-0.3, -0.25) is 9.36 Å². The Bertz CT molecular complexity index is 1500. The first-order valence-electron chi connectivity index (χ1n) is 11.2. The molecule has 0 bridgehead atoms. The minimum Gasteiger partial charge on any atom is -0.467 e. The predicted octanol–water partition coefficient (Wildman–Crippen LogP) is 5.57. The molecule has 0 N–H and O–H groups in total. The number of nitrogens with zero attached hydrogens (tertiary/aromatic N) is 4. The van der Waals surface area contributed by atoms with Gasteiger partial charge in [0, 0.05) is 10.4 Å². The quantitative estimate of drug-likeness (QED) is 0.227. The molecule has 1 aromatic carbocycles. The van der Waals surface area contributed by atoms with Crippen LogP contribution in [0.25, 0.3) is 21.7 Å². The predicted molar refractivity (Wildman–Crippen MR) is 132 cm³/mol. The SMILES string of the molecule is CC1CCc2c(sc3nc(SCc4nnc(-c5ccccc5)o4)n(Cc4ccco4)c(=O)c23)C1. The number of benzene rings is 1. The third-order valence-corrected chi connectivity index (χ3v) is 8.20. The molecule has 0 saturated heterocycles. The van der Waals surface area contributed by atoms with Gasteiger partial charge >= 0.3 is 0 Å². The molecular weight excluding hydrogens is 468 g/mol. The Hall–Kier alpha value is -3.17. The van der Waals surface area contributed by atoms with Crippen LogP contribution in [0.2, 0.25) is 0 Å². The van der Waals surface area contributed by atoms with Crippen LogP contribution in [0.15, 0.2) is 67.5 Å². The van der Waals surface area contributed by atoms with Crippen LogP contribution in [-0.4, -0.2) is 19.7 Å². The topological polar surface area (TPSA) is 86.9 Å². The summed E-state index contributed by atoms with van der Waals surface area (Å²) < 4.78 is 13.1. The first kappa shape index (κ1) is 21.4. The van der Waals surface area contributed by atoms with Crippen LogP contribution < -0.4 is 5.56 Å². The fourth-order valence-electron chi connectivity index (χ4n) is 4.35. The maximum Gasteiger partial charge on any atom is 0.263 e. The highest BCUT2D eigenvalue weighted by Gasteiger charge is 2.25. The van der Waals surface area contributed by atoms with E-state index in [-0.39, 0.29) is 5.56 Å². The zero-order chi connectivity index (χ0) is 23.1. The Balaban J connectivity index is 1.36. The van der Waals surface area contributed by atoms with Crippen molar-refractivity contribution in [2.75, 3.05) is 0 Å². The molecule has 0 saturated carbocycles. The lowest BCUT2D eigenvalue weighted by molar-refractivity contribution is 0.476. The molecule has 0 aliphatic heterocycles. The summed E-state index contributed by atoms with van der Waals surface area (Å²) in [6, 6.07) is 13.4. The lowest BCUT2D eigenvalue weighted by Gasteiger charge is -2.17. The Morgan fingerprint density at radius 3 is 2.88 bits per heavy atom. The van der Waals surface area contributed by atoms with E-state index < -0.39 is 0 Å². The zero-order valence-electron chi connectivity index (χ0n) is 18.6. The summed E-state index contributed by atoms with van der Waals surface area (Å²) in [5, 5.41) is 9.75. The molecule has 4 heterocycles. The highest BCUT2D eigenvalue weighted by atomic mass is 32.2. The number of fused-ring (bicyclic) bond motifs is 3. The number of hydrogen-bond donors (Lipinski definition) is 0. The second-order valence-corrected chi connectivity index (χ2v) is 10.6. The standard InChI is InChI=1S/C25H22N4O3S2/c1-15-9-10-18-19(12-15)34-23-21(18)24(30)29(13-17-8-5-11-31-17)25(26-23)33-14-20-27-28-22(32-20)16-6-3-2-4-7-16/h2-8,11,15H,9-10,12-14H2,1H3. The molecule has 1 aliphatic carbocycles. The second-order valence-electron chi connectivity index (χ2n) is 8.55. The summed E-state index contributed by atoms with van der Waals surface area (Å²) in [4.78, 5) is 20.8. The minimum atomic E-state index is -0.00791. The summed E-state index contributed by atoms with van der Waals surface area (Å²) in [5.74, 6) is 2.73. The fraction of sp³-hybridized carbons (Fsp3) is 0.280. The van der Waals surface area contributed by atoms with E-state index in [1.807, 2.05) is 42.5 Å². The van der Waals surface area contributed by atoms with Crippen LogP contribution in [-0.2, 0) is 25.1 Å². The normalized spacial score (nSPS) is 15.6. The summed E-state index contributed by atoms with van der Waals surface area (Å²) in [6.45, 7) is 2.60. The van der Waals surface area contributed by atoms with Crippen LogP contribution in [0.1, 0.15) is 35.4 Å². The monoisotopic (exact) mass is 490 g/mol. The Morgan fingerprint density at radius 2 is 2.06 bits per heavy atom. The smallest absolute Gasteiger partial charge is 0.263 e. The zero-order valence-corrected chi connectivity index (χ0v) is 20.2. The summed E-state index contributed by atoms with van der Waals surface area (Å²) in [7, 11) is 0. The van der Waals surface area contributed by atoms with E-state index in [0.717, 1.165) is 35.0 Å². The Labute approximate surface area is 203 Å². The summed E-state index contributed by atoms with van der Waals surface area (Å²) in [6.07, 6.45) is 4.68. The van der Waals surface area contributed by atoms with E-state index in [1.54, 1.807) is 22.2 Å². The molecule has 172 valence electrons. The lowest BCUT2D eigenvalue weighted by Crippen LogP contribution is -2.24. The van der Waals surface area contributed by atoms with E-state index in [2.05, 4.69) is 17.1 Å². The lowest BCUT2D eigenvalue weighted by atomic mass is 9.89. The van der Waals surface area contributed by atoms with Crippen molar-refractivity contribution in [2.45, 2.75) is 43.6 Å². The molecular formula is C25H22N4O3S2. The van der Waals surface area contributed by atoms with Crippen LogP contribution in [0, 0.1) is 5.92 Å². The van der Waals surface area contributed by atoms with Gasteiger partial charge in [0.15, 0.2) is 5.16 Å². The highest BCUT2D eigenvalue weighted by Crippen LogP contribution is 2.37. The van der Waals surface area contributed by atoms with Crippen molar-refractivity contribution in [1.82, 2.24) is 19.7 Å². The second kappa shape index (κ2) is 8.88. The number of thiophene rings is 1. The fourth-order valence-corrected chi connectivity index (χ4v) is 6.61. The average Bonchev–Trinajstić information content (AvgIpc) is 3.60. The molecule has 5 aromatic rings. The number of hydrogen-bond acceptors (Lipinski definition) is 8. The molecule has 1 aliphatic rings. The number of thioether (sulfide) groups is 1. The molecule has 0 fully saturated rings. The first-order chi connectivity index (χ1) is 16.7. The molecule has 1 atom stereocenters. The molecule has 0 amide bonds. The number of rotatable bonds is 6. The Morgan fingerprint density at radius 1 is 1.18 bits per heavy atom. The van der Waals surface area contributed by atoms with Gasteiger partial charge in [-0.05, 0) is 55.0 Å². The maximum absolute atomic E-state index is 13.7. The van der Waals surface area contributed by atoms with Gasteiger partial charge in [0.1, 0.15) is 10.6 Å². The van der Waals surface area contributed by atoms with Crippen molar-refractivity contribution in [3.8, 4) is 11.5 Å². The van der Waals surface area contributed by atoms with E-state index >= 15 is 0 Å². The minimum absolute atomic E-state index is 0.00791. The van der Waals surface area contributed by atoms with Crippen molar-refractivity contribution in [3.63, 3.8) is 0 Å². The molecule has 1 unspecified atom stereocenters. The number of aryl methyl sites for hydroxylation is 1. The molecule has 4 aromatic heterocycles. The third kappa shape index (κ3) is 3.99. The first-order valence-corrected chi connectivity index (χ1v) is 13.0. The molecule has 6 rings (SSSR count). The third-order valence-electron chi connectivity index (χ3n) is 6.09. The Kier molecular flexibility index (Phi) is 5.58. The van der Waals surface area contributed by atoms with Crippen LogP contribution in [0.3, 0.4) is 0 Å². The van der Waals surface area contributed by atoms with Crippen molar-refractivity contribution in [1.29, 1.82) is 0 Å². The van der Waals surface area contributed by atoms with E-state index in [9.17, 15) is 4.79 Å². The molecule has 34 heavy (non-hydrogen) atoms. The molecule has 0 radical (unpaired) electrons. The molecule has 7 nitrogen and oxygen atoms in total. The van der Waals surface area contributed by atoms with Crippen LogP contribution in [0.5, 0.6) is 0 Å².